The van der Waals surface area contributed by atoms with Crippen LogP contribution in [0.15, 0.2) is 24.5 Å². The number of anilines is 1. The highest BCUT2D eigenvalue weighted by Gasteiger charge is 2.35. The quantitative estimate of drug-likeness (QED) is 0.766. The summed E-state index contributed by atoms with van der Waals surface area (Å²) in [4.78, 5) is 16.2. The van der Waals surface area contributed by atoms with Crippen molar-refractivity contribution >= 4 is 21.7 Å². The van der Waals surface area contributed by atoms with Gasteiger partial charge in [0.1, 0.15) is 11.1 Å². The molecule has 0 amide bonds. The molecule has 0 N–H and O–H groups in total. The van der Waals surface area contributed by atoms with Gasteiger partial charge < -0.3 is 9.64 Å². The van der Waals surface area contributed by atoms with Crippen LogP contribution in [0.5, 0.6) is 0 Å². The minimum atomic E-state index is -3.17. The first-order valence-electron chi connectivity index (χ1n) is 10.1. The van der Waals surface area contributed by atoms with Crippen molar-refractivity contribution in [2.75, 3.05) is 30.4 Å². The minimum absolute atomic E-state index is 0.166. The van der Waals surface area contributed by atoms with Gasteiger partial charge in [-0.15, -0.1) is 0 Å². The van der Waals surface area contributed by atoms with Crippen LogP contribution in [-0.4, -0.2) is 54.9 Å². The molecule has 2 fully saturated rings. The van der Waals surface area contributed by atoms with Crippen LogP contribution in [0, 0.1) is 0 Å². The van der Waals surface area contributed by atoms with Crippen molar-refractivity contribution in [2.45, 2.75) is 37.5 Å². The van der Waals surface area contributed by atoms with Gasteiger partial charge in [-0.05, 0) is 37.3 Å². The molecule has 4 heterocycles. The van der Waals surface area contributed by atoms with Crippen LogP contribution in [0.4, 0.5) is 5.82 Å². The zero-order valence-corrected chi connectivity index (χ0v) is 17.2. The van der Waals surface area contributed by atoms with E-state index in [-0.39, 0.29) is 11.8 Å². The van der Waals surface area contributed by atoms with Gasteiger partial charge in [0.2, 0.25) is 0 Å². The third-order valence-corrected chi connectivity index (χ3v) is 8.19. The fourth-order valence-electron chi connectivity index (χ4n) is 4.43. The molecule has 2 saturated heterocycles. The maximum Gasteiger partial charge on any atom is 0.163 e. The van der Waals surface area contributed by atoms with Gasteiger partial charge in [0.15, 0.2) is 15.7 Å². The van der Waals surface area contributed by atoms with Gasteiger partial charge in [-0.1, -0.05) is 12.2 Å². The van der Waals surface area contributed by atoms with Crippen LogP contribution in [0.1, 0.15) is 41.8 Å². The molecule has 2 atom stereocenters. The van der Waals surface area contributed by atoms with Crippen molar-refractivity contribution in [3.05, 3.63) is 41.4 Å². The van der Waals surface area contributed by atoms with Crippen molar-refractivity contribution in [3.8, 4) is 11.4 Å². The largest absolute Gasteiger partial charge is 0.377 e. The molecule has 152 valence electrons. The molecule has 5 rings (SSSR count). The van der Waals surface area contributed by atoms with Crippen LogP contribution >= 0.6 is 0 Å². The summed E-state index contributed by atoms with van der Waals surface area (Å²) in [5.74, 6) is 1.54. The fraction of sp³-hybridized carbons (Fsp3) is 0.476. The molecular formula is C21H24N4O3S. The van der Waals surface area contributed by atoms with E-state index >= 15 is 0 Å². The first-order valence-corrected chi connectivity index (χ1v) is 11.8. The van der Waals surface area contributed by atoms with E-state index in [0.717, 1.165) is 35.5 Å². The third kappa shape index (κ3) is 3.34. The van der Waals surface area contributed by atoms with Crippen molar-refractivity contribution < 1.29 is 13.2 Å². The molecule has 2 aromatic heterocycles. The number of aromatic nitrogens is 3. The van der Waals surface area contributed by atoms with E-state index in [1.165, 1.54) is 0 Å². The first-order chi connectivity index (χ1) is 14.0. The molecule has 0 aromatic carbocycles. The molecule has 1 aliphatic carbocycles. The first kappa shape index (κ1) is 18.7. The normalized spacial score (nSPS) is 25.3. The summed E-state index contributed by atoms with van der Waals surface area (Å²) >= 11 is 0. The number of nitrogens with zero attached hydrogens (tertiary/aromatic N) is 4. The van der Waals surface area contributed by atoms with Crippen LogP contribution in [-0.2, 0) is 21.0 Å². The van der Waals surface area contributed by atoms with E-state index in [9.17, 15) is 8.42 Å². The average molecular weight is 413 g/mol. The zero-order valence-electron chi connectivity index (χ0n) is 16.4. The summed E-state index contributed by atoms with van der Waals surface area (Å²) in [7, 11) is -3.17. The van der Waals surface area contributed by atoms with Crippen LogP contribution < -0.4 is 4.90 Å². The van der Waals surface area contributed by atoms with Crippen LogP contribution in [0.25, 0.3) is 17.5 Å². The topological polar surface area (TPSA) is 85.3 Å². The van der Waals surface area contributed by atoms with E-state index in [2.05, 4.69) is 29.0 Å². The van der Waals surface area contributed by atoms with Crippen molar-refractivity contribution in [1.82, 2.24) is 15.0 Å². The second kappa shape index (κ2) is 7.18. The summed E-state index contributed by atoms with van der Waals surface area (Å²) < 4.78 is 30.8. The summed E-state index contributed by atoms with van der Waals surface area (Å²) in [6, 6.07) is 2.03. The molecule has 0 spiro atoms. The molecule has 2 aliphatic heterocycles. The van der Waals surface area contributed by atoms with E-state index in [1.54, 1.807) is 6.20 Å². The lowest BCUT2D eigenvalue weighted by Crippen LogP contribution is -2.44. The highest BCUT2D eigenvalue weighted by atomic mass is 32.2. The number of ether oxygens (including phenoxy) is 1. The Labute approximate surface area is 170 Å². The average Bonchev–Trinajstić information content (AvgIpc) is 3.33. The Balaban J connectivity index is 1.67. The number of fused-ring (bicyclic) bond motifs is 1. The lowest BCUT2D eigenvalue weighted by molar-refractivity contribution is 0.0985. The van der Waals surface area contributed by atoms with E-state index in [1.807, 2.05) is 12.3 Å². The van der Waals surface area contributed by atoms with Crippen LogP contribution in [0.3, 0.4) is 0 Å². The third-order valence-electron chi connectivity index (χ3n) is 5.99. The lowest BCUT2D eigenvalue weighted by atomic mass is 10.1. The maximum atomic E-state index is 12.6. The molecule has 0 saturated carbocycles. The van der Waals surface area contributed by atoms with Crippen LogP contribution in [0.2, 0.25) is 0 Å². The smallest absolute Gasteiger partial charge is 0.163 e. The van der Waals surface area contributed by atoms with Crippen molar-refractivity contribution in [1.29, 1.82) is 0 Å². The number of hydrogen-bond acceptors (Lipinski definition) is 7. The Morgan fingerprint density at radius 1 is 1.24 bits per heavy atom. The molecule has 3 aliphatic rings. The monoisotopic (exact) mass is 412 g/mol. The zero-order chi connectivity index (χ0) is 20.0. The number of hydrogen-bond donors (Lipinski definition) is 0. The molecule has 7 nitrogen and oxygen atoms in total. The van der Waals surface area contributed by atoms with E-state index in [4.69, 9.17) is 14.7 Å². The fourth-order valence-corrected chi connectivity index (χ4v) is 6.30. The maximum absolute atomic E-state index is 12.6. The van der Waals surface area contributed by atoms with Gasteiger partial charge in [0.25, 0.3) is 0 Å². The molecule has 2 aromatic rings. The number of pyridine rings is 1. The number of allylic oxidation sites excluding steroid dienone is 1. The molecule has 8 heteroatoms. The Morgan fingerprint density at radius 2 is 2.14 bits per heavy atom. The molecular weight excluding hydrogens is 388 g/mol. The standard InChI is InChI=1S/C21H24N4O3S/c1-14-13-28-8-7-25(14)20-10-18(19-6-3-9-29(19,26)27)23-21(24-20)17-12-22-11-15-4-2-5-16(15)17/h2,5,10-12,14,19H,3-4,6-9,13H2,1H3/t14-,19+/m1/s1. The summed E-state index contributed by atoms with van der Waals surface area (Å²) in [6.07, 6.45) is 9.97. The SMILES string of the molecule is C[C@@H]1COCCN1c1cc([C@@H]2CCCS2(=O)=O)nc(-c2cncc3c2C=CC3)n1. The Morgan fingerprint density at radius 3 is 2.93 bits per heavy atom. The summed E-state index contributed by atoms with van der Waals surface area (Å²) in [6.45, 7) is 4.07. The van der Waals surface area contributed by atoms with Gasteiger partial charge in [0, 0.05) is 30.6 Å². The van der Waals surface area contributed by atoms with E-state index in [0.29, 0.717) is 37.6 Å². The van der Waals surface area contributed by atoms with Crippen molar-refractivity contribution in [3.63, 3.8) is 0 Å². The van der Waals surface area contributed by atoms with Gasteiger partial charge in [-0.3, -0.25) is 4.98 Å². The second-order valence-electron chi connectivity index (χ2n) is 7.96. The predicted octanol–water partition coefficient (Wildman–Crippen LogP) is 2.58. The Kier molecular flexibility index (Phi) is 4.63. The van der Waals surface area contributed by atoms with Gasteiger partial charge >= 0.3 is 0 Å². The molecule has 0 unspecified atom stereocenters. The number of morpholine rings is 1. The van der Waals surface area contributed by atoms with Gasteiger partial charge in [0.05, 0.1) is 30.7 Å². The van der Waals surface area contributed by atoms with Gasteiger partial charge in [-0.25, -0.2) is 18.4 Å². The lowest BCUT2D eigenvalue weighted by Gasteiger charge is -2.34. The van der Waals surface area contributed by atoms with Crippen molar-refractivity contribution in [2.24, 2.45) is 0 Å². The molecule has 29 heavy (non-hydrogen) atoms. The summed E-state index contributed by atoms with van der Waals surface area (Å²) in [5.41, 5.74) is 3.68. The second-order valence-corrected chi connectivity index (χ2v) is 10.3. The summed E-state index contributed by atoms with van der Waals surface area (Å²) in [5, 5.41) is -0.556. The Hall–Kier alpha value is -2.32. The number of sulfone groups is 1. The highest BCUT2D eigenvalue weighted by Crippen LogP contribution is 2.37. The minimum Gasteiger partial charge on any atom is -0.377 e. The van der Waals surface area contributed by atoms with E-state index < -0.39 is 15.1 Å². The van der Waals surface area contributed by atoms with Gasteiger partial charge in [-0.2, -0.15) is 0 Å². The predicted molar refractivity (Wildman–Crippen MR) is 111 cm³/mol. The highest BCUT2D eigenvalue weighted by molar-refractivity contribution is 7.91. The number of rotatable bonds is 3. The molecule has 0 bridgehead atoms. The molecule has 0 radical (unpaired) electrons. The Bertz CT molecular complexity index is 1080.